The van der Waals surface area contributed by atoms with Gasteiger partial charge in [-0.1, -0.05) is 42.6 Å². The van der Waals surface area contributed by atoms with E-state index in [1.807, 2.05) is 18.2 Å². The molecule has 2 rings (SSSR count). The van der Waals surface area contributed by atoms with Crippen molar-refractivity contribution in [3.8, 4) is 0 Å². The van der Waals surface area contributed by atoms with Gasteiger partial charge in [-0.15, -0.1) is 0 Å². The third kappa shape index (κ3) is 3.71. The number of benzene rings is 1. The van der Waals surface area contributed by atoms with E-state index in [2.05, 4.69) is 24.9 Å². The molecule has 3 heteroatoms. The van der Waals surface area contributed by atoms with E-state index in [1.54, 1.807) is 0 Å². The number of halogens is 1. The van der Waals surface area contributed by atoms with Crippen LogP contribution in [0.4, 0.5) is 0 Å². The minimum atomic E-state index is -0.130. The summed E-state index contributed by atoms with van der Waals surface area (Å²) in [6.45, 7) is 3.12. The van der Waals surface area contributed by atoms with Crippen molar-refractivity contribution < 1.29 is 5.11 Å². The first-order valence-corrected chi connectivity index (χ1v) is 7.60. The third-order valence-electron chi connectivity index (χ3n) is 4.41. The average Bonchev–Trinajstić information content (AvgIpc) is 2.41. The van der Waals surface area contributed by atoms with Crippen molar-refractivity contribution >= 4 is 11.6 Å². The summed E-state index contributed by atoms with van der Waals surface area (Å²) in [6, 6.07) is 8.30. The summed E-state index contributed by atoms with van der Waals surface area (Å²) in [4.78, 5) is 2.31. The number of aliphatic hydroxyl groups is 1. The van der Waals surface area contributed by atoms with E-state index < -0.39 is 0 Å². The fourth-order valence-electron chi connectivity index (χ4n) is 2.98. The van der Waals surface area contributed by atoms with E-state index in [1.165, 1.54) is 12.8 Å². The van der Waals surface area contributed by atoms with E-state index in [0.29, 0.717) is 5.92 Å². The molecule has 2 nitrogen and oxygen atoms in total. The summed E-state index contributed by atoms with van der Waals surface area (Å²) in [5, 5.41) is 10.9. The van der Waals surface area contributed by atoms with Crippen molar-refractivity contribution in [2.75, 3.05) is 13.6 Å². The molecule has 1 N–H and O–H groups in total. The first-order valence-electron chi connectivity index (χ1n) is 7.22. The molecule has 0 aromatic heterocycles. The molecule has 1 aliphatic rings. The van der Waals surface area contributed by atoms with Gasteiger partial charge in [0.05, 0.1) is 6.10 Å². The number of hydrogen-bond donors (Lipinski definition) is 1. The molecule has 1 saturated carbocycles. The first-order chi connectivity index (χ1) is 9.09. The predicted octanol–water partition coefficient (Wildman–Crippen LogP) is 3.88. The van der Waals surface area contributed by atoms with Crippen LogP contribution < -0.4 is 0 Å². The molecule has 0 saturated heterocycles. The Labute approximate surface area is 121 Å². The fraction of sp³-hybridized carbons (Fsp3) is 0.625. The summed E-state index contributed by atoms with van der Waals surface area (Å²) in [5.74, 6) is 0.406. The molecule has 1 aromatic carbocycles. The van der Waals surface area contributed by atoms with Crippen LogP contribution in [0.2, 0.25) is 5.02 Å². The highest BCUT2D eigenvalue weighted by Crippen LogP contribution is 2.30. The maximum atomic E-state index is 10.1. The summed E-state index contributed by atoms with van der Waals surface area (Å²) < 4.78 is 0. The monoisotopic (exact) mass is 281 g/mol. The van der Waals surface area contributed by atoms with E-state index in [0.717, 1.165) is 30.0 Å². The standard InChI is InChI=1S/C16H24ClNO/c1-12(14-8-4-5-9-15(14)17)18(2)11-13-7-3-6-10-16(13)19/h4-5,8-9,12-13,16,19H,3,6-7,10-11H2,1-2H3. The lowest BCUT2D eigenvalue weighted by atomic mass is 9.86. The molecule has 1 fully saturated rings. The van der Waals surface area contributed by atoms with Gasteiger partial charge in [0.15, 0.2) is 0 Å². The lowest BCUT2D eigenvalue weighted by molar-refractivity contribution is 0.0446. The van der Waals surface area contributed by atoms with Gasteiger partial charge in [0, 0.05) is 17.6 Å². The predicted molar refractivity (Wildman–Crippen MR) is 80.5 cm³/mol. The Bertz CT molecular complexity index is 409. The van der Waals surface area contributed by atoms with Gasteiger partial charge in [0.25, 0.3) is 0 Å². The molecule has 0 heterocycles. The van der Waals surface area contributed by atoms with Crippen molar-refractivity contribution in [1.82, 2.24) is 4.90 Å². The molecular weight excluding hydrogens is 258 g/mol. The zero-order valence-electron chi connectivity index (χ0n) is 11.8. The second-order valence-electron chi connectivity index (χ2n) is 5.75. The summed E-state index contributed by atoms with van der Waals surface area (Å²) in [5.41, 5.74) is 1.16. The maximum absolute atomic E-state index is 10.1. The summed E-state index contributed by atoms with van der Waals surface area (Å²) in [6.07, 6.45) is 4.38. The zero-order valence-corrected chi connectivity index (χ0v) is 12.6. The highest BCUT2D eigenvalue weighted by molar-refractivity contribution is 6.31. The van der Waals surface area contributed by atoms with Crippen molar-refractivity contribution in [1.29, 1.82) is 0 Å². The topological polar surface area (TPSA) is 23.5 Å². The van der Waals surface area contributed by atoms with Crippen LogP contribution in [0.5, 0.6) is 0 Å². The number of aliphatic hydroxyl groups excluding tert-OH is 1. The van der Waals surface area contributed by atoms with Gasteiger partial charge in [-0.05, 0) is 44.4 Å². The second kappa shape index (κ2) is 6.74. The number of rotatable bonds is 4. The Balaban J connectivity index is 1.99. The Morgan fingerprint density at radius 3 is 2.68 bits per heavy atom. The number of nitrogens with zero attached hydrogens (tertiary/aromatic N) is 1. The van der Waals surface area contributed by atoms with Gasteiger partial charge in [-0.2, -0.15) is 0 Å². The van der Waals surface area contributed by atoms with Gasteiger partial charge in [-0.3, -0.25) is 4.90 Å². The van der Waals surface area contributed by atoms with E-state index in [4.69, 9.17) is 11.6 Å². The van der Waals surface area contributed by atoms with Gasteiger partial charge in [0.1, 0.15) is 0 Å². The van der Waals surface area contributed by atoms with Crippen LogP contribution in [0.25, 0.3) is 0 Å². The Kier molecular flexibility index (Phi) is 5.26. The lowest BCUT2D eigenvalue weighted by Gasteiger charge is -2.34. The van der Waals surface area contributed by atoms with Crippen LogP contribution in [0, 0.1) is 5.92 Å². The molecule has 19 heavy (non-hydrogen) atoms. The van der Waals surface area contributed by atoms with Crippen LogP contribution in [-0.2, 0) is 0 Å². The van der Waals surface area contributed by atoms with E-state index in [9.17, 15) is 5.11 Å². The van der Waals surface area contributed by atoms with Crippen LogP contribution >= 0.6 is 11.6 Å². The van der Waals surface area contributed by atoms with Crippen molar-refractivity contribution in [2.24, 2.45) is 5.92 Å². The Hall–Kier alpha value is -0.570. The number of hydrogen-bond acceptors (Lipinski definition) is 2. The molecule has 0 radical (unpaired) electrons. The third-order valence-corrected chi connectivity index (χ3v) is 4.75. The molecule has 0 bridgehead atoms. The summed E-state index contributed by atoms with van der Waals surface area (Å²) in [7, 11) is 2.12. The highest BCUT2D eigenvalue weighted by Gasteiger charge is 2.26. The van der Waals surface area contributed by atoms with Gasteiger partial charge in [0.2, 0.25) is 0 Å². The smallest absolute Gasteiger partial charge is 0.0580 e. The highest BCUT2D eigenvalue weighted by atomic mass is 35.5. The Morgan fingerprint density at radius 1 is 1.32 bits per heavy atom. The molecule has 0 amide bonds. The normalized spacial score (nSPS) is 25.5. The van der Waals surface area contributed by atoms with E-state index in [-0.39, 0.29) is 12.1 Å². The molecule has 3 atom stereocenters. The largest absolute Gasteiger partial charge is 0.393 e. The fourth-order valence-corrected chi connectivity index (χ4v) is 3.27. The second-order valence-corrected chi connectivity index (χ2v) is 6.16. The van der Waals surface area contributed by atoms with Gasteiger partial charge >= 0.3 is 0 Å². The van der Waals surface area contributed by atoms with Crippen LogP contribution in [0.1, 0.15) is 44.2 Å². The minimum Gasteiger partial charge on any atom is -0.393 e. The summed E-state index contributed by atoms with van der Waals surface area (Å²) >= 11 is 6.26. The molecular formula is C16H24ClNO. The van der Waals surface area contributed by atoms with Crippen molar-refractivity contribution in [2.45, 2.75) is 44.8 Å². The van der Waals surface area contributed by atoms with Crippen LogP contribution in [-0.4, -0.2) is 29.7 Å². The molecule has 0 aliphatic heterocycles. The molecule has 1 aliphatic carbocycles. The minimum absolute atomic E-state index is 0.130. The van der Waals surface area contributed by atoms with Crippen molar-refractivity contribution in [3.05, 3.63) is 34.9 Å². The zero-order chi connectivity index (χ0) is 13.8. The van der Waals surface area contributed by atoms with Crippen LogP contribution in [0.15, 0.2) is 24.3 Å². The quantitative estimate of drug-likeness (QED) is 0.905. The van der Waals surface area contributed by atoms with Crippen molar-refractivity contribution in [3.63, 3.8) is 0 Å². The molecule has 106 valence electrons. The maximum Gasteiger partial charge on any atom is 0.0580 e. The average molecular weight is 282 g/mol. The molecule has 1 aromatic rings. The molecule has 3 unspecified atom stereocenters. The van der Waals surface area contributed by atoms with Gasteiger partial charge < -0.3 is 5.11 Å². The molecule has 0 spiro atoms. The van der Waals surface area contributed by atoms with E-state index >= 15 is 0 Å². The Morgan fingerprint density at radius 2 is 2.00 bits per heavy atom. The van der Waals surface area contributed by atoms with Gasteiger partial charge in [-0.25, -0.2) is 0 Å². The van der Waals surface area contributed by atoms with Crippen LogP contribution in [0.3, 0.4) is 0 Å². The lowest BCUT2D eigenvalue weighted by Crippen LogP contribution is -2.36. The SMILES string of the molecule is CC(c1ccccc1Cl)N(C)CC1CCCCC1O. The first kappa shape index (κ1) is 14.8.